The lowest BCUT2D eigenvalue weighted by Gasteiger charge is -2.01. The monoisotopic (exact) mass is 285 g/mol. The predicted molar refractivity (Wildman–Crippen MR) is 74.7 cm³/mol. The van der Waals surface area contributed by atoms with Gasteiger partial charge >= 0.3 is 11.2 Å². The number of aromatic nitrogens is 4. The SMILES string of the molecule is O=c1[nH]c(O)c(-n2c3[n+](c4ccccc42)CCC3)c(=O)[nH]1. The minimum absolute atomic E-state index is 0.0569. The molecule has 0 saturated carbocycles. The van der Waals surface area contributed by atoms with Gasteiger partial charge in [0.15, 0.2) is 11.0 Å². The van der Waals surface area contributed by atoms with Crippen LogP contribution >= 0.6 is 0 Å². The number of imidazole rings is 1. The molecule has 0 saturated heterocycles. The number of fused-ring (bicyclic) bond motifs is 3. The highest BCUT2D eigenvalue weighted by molar-refractivity contribution is 5.75. The molecular formula is C14H13N4O3+. The summed E-state index contributed by atoms with van der Waals surface area (Å²) in [6.07, 6.45) is 1.80. The molecule has 3 aromatic rings. The highest BCUT2D eigenvalue weighted by Gasteiger charge is 2.32. The molecule has 4 rings (SSSR count). The second-order valence-corrected chi connectivity index (χ2v) is 5.10. The summed E-state index contributed by atoms with van der Waals surface area (Å²) in [4.78, 5) is 27.8. The second-order valence-electron chi connectivity index (χ2n) is 5.10. The molecule has 0 radical (unpaired) electrons. The van der Waals surface area contributed by atoms with Crippen molar-refractivity contribution >= 4 is 11.0 Å². The van der Waals surface area contributed by atoms with Crippen molar-refractivity contribution < 1.29 is 9.67 Å². The van der Waals surface area contributed by atoms with Gasteiger partial charge in [-0.2, -0.15) is 4.57 Å². The predicted octanol–water partition coefficient (Wildman–Crippen LogP) is -0.0536. The summed E-state index contributed by atoms with van der Waals surface area (Å²) in [5.74, 6) is 0.531. The van der Waals surface area contributed by atoms with Gasteiger partial charge in [-0.25, -0.2) is 9.36 Å². The van der Waals surface area contributed by atoms with E-state index in [1.807, 2.05) is 24.3 Å². The summed E-state index contributed by atoms with van der Waals surface area (Å²) >= 11 is 0. The lowest BCUT2D eigenvalue weighted by Crippen LogP contribution is -2.33. The van der Waals surface area contributed by atoms with E-state index in [0.717, 1.165) is 36.2 Å². The minimum atomic E-state index is -0.720. The Morgan fingerprint density at radius 2 is 2.00 bits per heavy atom. The Kier molecular flexibility index (Phi) is 2.32. The van der Waals surface area contributed by atoms with Gasteiger partial charge in [-0.15, -0.1) is 0 Å². The lowest BCUT2D eigenvalue weighted by molar-refractivity contribution is -0.665. The van der Waals surface area contributed by atoms with Gasteiger partial charge in [0.05, 0.1) is 13.0 Å². The van der Waals surface area contributed by atoms with Crippen LogP contribution in [-0.4, -0.2) is 19.6 Å². The number of benzene rings is 1. The van der Waals surface area contributed by atoms with E-state index in [1.165, 1.54) is 0 Å². The van der Waals surface area contributed by atoms with E-state index in [1.54, 1.807) is 4.57 Å². The summed E-state index contributed by atoms with van der Waals surface area (Å²) in [6.45, 7) is 0.880. The number of hydrogen-bond donors (Lipinski definition) is 3. The number of aromatic amines is 2. The zero-order valence-electron chi connectivity index (χ0n) is 11.1. The molecule has 7 heteroatoms. The number of nitrogens with one attached hydrogen (secondary N) is 2. The standard InChI is InChI=1S/C14H12N4O3/c19-12-11(13(20)16-14(21)15-12)18-9-5-2-1-4-8(9)17-7-3-6-10(17)18/h1-2,4-5H,3,6-7H2,(H2-,15,16,19,20,21)/p+1. The molecule has 1 aromatic carbocycles. The Morgan fingerprint density at radius 1 is 1.19 bits per heavy atom. The molecule has 0 atom stereocenters. The van der Waals surface area contributed by atoms with Crippen LogP contribution in [0.1, 0.15) is 12.2 Å². The molecule has 0 aliphatic carbocycles. The van der Waals surface area contributed by atoms with E-state index < -0.39 is 17.1 Å². The van der Waals surface area contributed by atoms with Crippen LogP contribution in [0.3, 0.4) is 0 Å². The molecule has 106 valence electrons. The highest BCUT2D eigenvalue weighted by Crippen LogP contribution is 2.25. The maximum Gasteiger partial charge on any atom is 0.328 e. The third-order valence-electron chi connectivity index (χ3n) is 3.89. The van der Waals surface area contributed by atoms with Gasteiger partial charge in [-0.05, 0) is 18.6 Å². The first-order valence-corrected chi connectivity index (χ1v) is 6.75. The number of aromatic hydroxyl groups is 1. The molecule has 0 bridgehead atoms. The number of rotatable bonds is 1. The molecule has 0 spiro atoms. The quantitative estimate of drug-likeness (QED) is 0.547. The summed E-state index contributed by atoms with van der Waals surface area (Å²) in [5.41, 5.74) is 0.575. The zero-order valence-corrected chi connectivity index (χ0v) is 11.1. The summed E-state index contributed by atoms with van der Waals surface area (Å²) in [7, 11) is 0. The highest BCUT2D eigenvalue weighted by atomic mass is 16.3. The maximum atomic E-state index is 12.1. The van der Waals surface area contributed by atoms with Crippen LogP contribution in [0.5, 0.6) is 5.88 Å². The van der Waals surface area contributed by atoms with E-state index in [0.29, 0.717) is 0 Å². The Bertz CT molecular complexity index is 980. The number of aryl methyl sites for hydroxylation is 1. The molecule has 21 heavy (non-hydrogen) atoms. The van der Waals surface area contributed by atoms with Crippen molar-refractivity contribution in [1.29, 1.82) is 0 Å². The van der Waals surface area contributed by atoms with Crippen LogP contribution in [0.4, 0.5) is 0 Å². The Labute approximate surface area is 118 Å². The smallest absolute Gasteiger partial charge is 0.328 e. The van der Waals surface area contributed by atoms with E-state index in [-0.39, 0.29) is 5.69 Å². The fraction of sp³-hybridized carbons (Fsp3) is 0.214. The van der Waals surface area contributed by atoms with Crippen LogP contribution in [0.25, 0.3) is 16.7 Å². The van der Waals surface area contributed by atoms with Gasteiger partial charge in [-0.3, -0.25) is 14.8 Å². The largest absolute Gasteiger partial charge is 0.491 e. The van der Waals surface area contributed by atoms with Gasteiger partial charge in [0, 0.05) is 0 Å². The van der Waals surface area contributed by atoms with Crippen LogP contribution in [0, 0.1) is 0 Å². The molecule has 0 fully saturated rings. The first-order chi connectivity index (χ1) is 10.2. The van der Waals surface area contributed by atoms with Crippen molar-refractivity contribution in [1.82, 2.24) is 14.5 Å². The van der Waals surface area contributed by atoms with Crippen LogP contribution in [-0.2, 0) is 13.0 Å². The third kappa shape index (κ3) is 1.57. The molecule has 1 aliphatic rings. The summed E-state index contributed by atoms with van der Waals surface area (Å²) in [5, 5.41) is 10.0. The fourth-order valence-corrected chi connectivity index (χ4v) is 3.10. The van der Waals surface area contributed by atoms with Gasteiger partial charge in [0.25, 0.3) is 11.5 Å². The molecule has 1 aliphatic heterocycles. The van der Waals surface area contributed by atoms with E-state index in [4.69, 9.17) is 0 Å². The van der Waals surface area contributed by atoms with E-state index in [2.05, 4.69) is 14.5 Å². The first kappa shape index (κ1) is 12.0. The lowest BCUT2D eigenvalue weighted by atomic mass is 10.3. The van der Waals surface area contributed by atoms with Crippen molar-refractivity contribution in [3.63, 3.8) is 0 Å². The summed E-state index contributed by atoms with van der Waals surface area (Å²) < 4.78 is 3.87. The van der Waals surface area contributed by atoms with Gasteiger partial charge < -0.3 is 5.11 Å². The molecule has 7 nitrogen and oxygen atoms in total. The van der Waals surface area contributed by atoms with Crippen molar-refractivity contribution in [2.24, 2.45) is 0 Å². The number of nitrogens with zero attached hydrogens (tertiary/aromatic N) is 2. The van der Waals surface area contributed by atoms with Crippen LogP contribution in [0.2, 0.25) is 0 Å². The number of hydrogen-bond acceptors (Lipinski definition) is 3. The zero-order chi connectivity index (χ0) is 14.6. The van der Waals surface area contributed by atoms with Crippen LogP contribution in [0.15, 0.2) is 33.9 Å². The molecule has 0 unspecified atom stereocenters. The average Bonchev–Trinajstić information content (AvgIpc) is 3.00. The minimum Gasteiger partial charge on any atom is -0.491 e. The van der Waals surface area contributed by atoms with E-state index in [9.17, 15) is 14.7 Å². The van der Waals surface area contributed by atoms with E-state index >= 15 is 0 Å². The fourth-order valence-electron chi connectivity index (χ4n) is 3.10. The van der Waals surface area contributed by atoms with Crippen LogP contribution < -0.4 is 15.8 Å². The Balaban J connectivity index is 2.18. The maximum absolute atomic E-state index is 12.1. The molecule has 3 heterocycles. The summed E-state index contributed by atoms with van der Waals surface area (Å²) in [6, 6.07) is 7.70. The normalized spacial score (nSPS) is 13.7. The Hall–Kier alpha value is -2.83. The topological polar surface area (TPSA) is 94.8 Å². The van der Waals surface area contributed by atoms with Crippen molar-refractivity contribution in [2.75, 3.05) is 0 Å². The second kappa shape index (κ2) is 4.08. The van der Waals surface area contributed by atoms with Gasteiger partial charge in [0.2, 0.25) is 5.88 Å². The van der Waals surface area contributed by atoms with Crippen molar-refractivity contribution in [2.45, 2.75) is 19.4 Å². The molecule has 3 N–H and O–H groups in total. The van der Waals surface area contributed by atoms with Gasteiger partial charge in [-0.1, -0.05) is 12.1 Å². The average molecular weight is 285 g/mol. The molecular weight excluding hydrogens is 272 g/mol. The van der Waals surface area contributed by atoms with Crippen molar-refractivity contribution in [3.05, 3.63) is 50.9 Å². The number of H-pyrrole nitrogens is 2. The third-order valence-corrected chi connectivity index (χ3v) is 3.89. The molecule has 2 aromatic heterocycles. The number of para-hydroxylation sites is 2. The van der Waals surface area contributed by atoms with Gasteiger partial charge in [0.1, 0.15) is 0 Å². The first-order valence-electron chi connectivity index (χ1n) is 6.75. The van der Waals surface area contributed by atoms with Crippen molar-refractivity contribution in [3.8, 4) is 11.6 Å². The molecule has 0 amide bonds. The Morgan fingerprint density at radius 3 is 2.81 bits per heavy atom.